The number of carbonyl (C=O) groups excluding carboxylic acids is 3. The lowest BCUT2D eigenvalue weighted by atomic mass is 10.1. The highest BCUT2D eigenvalue weighted by molar-refractivity contribution is 7.89. The van der Waals surface area contributed by atoms with Crippen LogP contribution < -0.4 is 10.5 Å². The van der Waals surface area contributed by atoms with Gasteiger partial charge >= 0.3 is 17.9 Å². The van der Waals surface area contributed by atoms with E-state index in [0.29, 0.717) is 5.82 Å². The number of nitrogens with two attached hydrogens (primary N) is 1. The molecule has 0 unspecified atom stereocenters. The third-order valence-corrected chi connectivity index (χ3v) is 6.53. The fourth-order valence-corrected chi connectivity index (χ4v) is 4.50. The molecule has 12 nitrogen and oxygen atoms in total. The normalized spacial score (nSPS) is 11.2. The molecule has 0 amide bonds. The lowest BCUT2D eigenvalue weighted by molar-refractivity contribution is -0.144. The van der Waals surface area contributed by atoms with Crippen LogP contribution in [-0.4, -0.2) is 56.6 Å². The van der Waals surface area contributed by atoms with Crippen LogP contribution in [0.25, 0.3) is 0 Å². The van der Waals surface area contributed by atoms with Gasteiger partial charge in [-0.3, -0.25) is 4.79 Å². The number of sulfonamides is 1. The molecule has 2 rings (SSSR count). The molecule has 2 heterocycles. The number of anilines is 1. The molecule has 14 heteroatoms. The summed E-state index contributed by atoms with van der Waals surface area (Å²) in [6, 6.07) is 0. The van der Waals surface area contributed by atoms with Crippen LogP contribution in [0.5, 0.6) is 0 Å². The lowest BCUT2D eigenvalue weighted by Crippen LogP contribution is -2.27. The predicted molar refractivity (Wildman–Crippen MR) is 109 cm³/mol. The van der Waals surface area contributed by atoms with Gasteiger partial charge in [-0.15, -0.1) is 11.3 Å². The highest BCUT2D eigenvalue weighted by Gasteiger charge is 2.28. The fraction of sp³-hybridized carbons (Fsp3) is 0.412. The van der Waals surface area contributed by atoms with Gasteiger partial charge in [0.25, 0.3) is 10.0 Å². The Morgan fingerprint density at radius 1 is 1.23 bits per heavy atom. The van der Waals surface area contributed by atoms with E-state index in [4.69, 9.17) is 10.5 Å². The summed E-state index contributed by atoms with van der Waals surface area (Å²) in [6.07, 6.45) is 1.05. The SMILES string of the molecule is COC(=O)c1sc(N)c(C(=O)OC)c1COC(=O)CCNS(=O)(=O)c1cn(C)c(C)n1. The van der Waals surface area contributed by atoms with E-state index < -0.39 is 34.5 Å². The summed E-state index contributed by atoms with van der Waals surface area (Å²) in [6.45, 7) is 0.961. The largest absolute Gasteiger partial charge is 0.465 e. The van der Waals surface area contributed by atoms with E-state index in [-0.39, 0.29) is 39.0 Å². The zero-order valence-electron chi connectivity index (χ0n) is 17.3. The predicted octanol–water partition coefficient (Wildman–Crippen LogP) is 0.357. The van der Waals surface area contributed by atoms with Gasteiger partial charge in [-0.1, -0.05) is 0 Å². The number of hydrogen-bond donors (Lipinski definition) is 2. The topological polar surface area (TPSA) is 169 Å². The molecular formula is C17H22N4O8S2. The van der Waals surface area contributed by atoms with E-state index in [1.165, 1.54) is 6.20 Å². The molecule has 0 bridgehead atoms. The minimum Gasteiger partial charge on any atom is -0.465 e. The molecule has 3 N–H and O–H groups in total. The Bertz CT molecular complexity index is 1080. The molecule has 0 aromatic carbocycles. The van der Waals surface area contributed by atoms with Gasteiger partial charge in [0.2, 0.25) is 0 Å². The highest BCUT2D eigenvalue weighted by Crippen LogP contribution is 2.33. The second-order valence-electron chi connectivity index (χ2n) is 6.18. The quantitative estimate of drug-likeness (QED) is 0.382. The number of nitrogens with one attached hydrogen (secondary N) is 1. The molecule has 2 aromatic heterocycles. The van der Waals surface area contributed by atoms with E-state index in [1.54, 1.807) is 18.5 Å². The summed E-state index contributed by atoms with van der Waals surface area (Å²) in [7, 11) is 0.0577. The Hall–Kier alpha value is -2.97. The van der Waals surface area contributed by atoms with Crippen molar-refractivity contribution in [1.82, 2.24) is 14.3 Å². The van der Waals surface area contributed by atoms with Crippen LogP contribution in [0, 0.1) is 6.92 Å². The number of aryl methyl sites for hydroxylation is 2. The van der Waals surface area contributed by atoms with Gasteiger partial charge in [0.1, 0.15) is 27.9 Å². The molecule has 0 saturated heterocycles. The van der Waals surface area contributed by atoms with Crippen molar-refractivity contribution in [1.29, 1.82) is 0 Å². The van der Waals surface area contributed by atoms with Crippen molar-refractivity contribution in [3.05, 3.63) is 28.0 Å². The van der Waals surface area contributed by atoms with Crippen molar-refractivity contribution in [2.24, 2.45) is 7.05 Å². The zero-order chi connectivity index (χ0) is 23.3. The summed E-state index contributed by atoms with van der Waals surface area (Å²) < 4.78 is 42.6. The van der Waals surface area contributed by atoms with Crippen LogP contribution in [0.2, 0.25) is 0 Å². The van der Waals surface area contributed by atoms with E-state index in [2.05, 4.69) is 19.2 Å². The molecule has 0 spiro atoms. The number of rotatable bonds is 9. The monoisotopic (exact) mass is 474 g/mol. The minimum absolute atomic E-state index is 0.000533. The molecule has 31 heavy (non-hydrogen) atoms. The smallest absolute Gasteiger partial charge is 0.348 e. The number of aromatic nitrogens is 2. The van der Waals surface area contributed by atoms with Crippen LogP contribution in [0.4, 0.5) is 5.00 Å². The summed E-state index contributed by atoms with van der Waals surface area (Å²) in [5.74, 6) is -1.81. The Balaban J connectivity index is 2.02. The third-order valence-electron chi connectivity index (χ3n) is 4.16. The molecule has 0 aliphatic heterocycles. The van der Waals surface area contributed by atoms with Gasteiger partial charge in [-0.2, -0.15) is 0 Å². The van der Waals surface area contributed by atoms with Crippen molar-refractivity contribution in [3.8, 4) is 0 Å². The number of thiophene rings is 1. The van der Waals surface area contributed by atoms with E-state index in [9.17, 15) is 22.8 Å². The molecule has 0 fully saturated rings. The van der Waals surface area contributed by atoms with Crippen molar-refractivity contribution in [2.75, 3.05) is 26.5 Å². The van der Waals surface area contributed by atoms with E-state index in [0.717, 1.165) is 25.6 Å². The maximum atomic E-state index is 12.2. The molecule has 0 saturated carbocycles. The zero-order valence-corrected chi connectivity index (χ0v) is 18.9. The molecule has 0 aliphatic rings. The van der Waals surface area contributed by atoms with Crippen LogP contribution in [-0.2, 0) is 42.7 Å². The molecular weight excluding hydrogens is 452 g/mol. The first-order valence-electron chi connectivity index (χ1n) is 8.74. The molecule has 170 valence electrons. The Kier molecular flexibility index (Phi) is 7.75. The second kappa shape index (κ2) is 9.89. The number of imidazole rings is 1. The summed E-state index contributed by atoms with van der Waals surface area (Å²) in [5.41, 5.74) is 5.76. The number of hydrogen-bond acceptors (Lipinski definition) is 11. The van der Waals surface area contributed by atoms with Crippen LogP contribution in [0.15, 0.2) is 11.2 Å². The van der Waals surface area contributed by atoms with Gasteiger partial charge in [-0.25, -0.2) is 27.7 Å². The Morgan fingerprint density at radius 3 is 2.42 bits per heavy atom. The van der Waals surface area contributed by atoms with Crippen molar-refractivity contribution in [2.45, 2.75) is 25.0 Å². The van der Waals surface area contributed by atoms with Crippen LogP contribution >= 0.6 is 11.3 Å². The Morgan fingerprint density at radius 2 is 1.87 bits per heavy atom. The average molecular weight is 475 g/mol. The molecule has 2 aromatic rings. The minimum atomic E-state index is -3.89. The van der Waals surface area contributed by atoms with Gasteiger partial charge in [0.05, 0.1) is 20.6 Å². The number of nitrogens with zero attached hydrogens (tertiary/aromatic N) is 2. The van der Waals surface area contributed by atoms with E-state index in [1.807, 2.05) is 0 Å². The third kappa shape index (κ3) is 5.59. The van der Waals surface area contributed by atoms with Gasteiger partial charge in [-0.05, 0) is 6.92 Å². The first-order valence-corrected chi connectivity index (χ1v) is 11.0. The number of nitrogen functional groups attached to an aromatic ring is 1. The highest BCUT2D eigenvalue weighted by atomic mass is 32.2. The summed E-state index contributed by atoms with van der Waals surface area (Å²) >= 11 is 0.802. The van der Waals surface area contributed by atoms with Crippen molar-refractivity contribution < 1.29 is 37.0 Å². The van der Waals surface area contributed by atoms with Crippen molar-refractivity contribution >= 4 is 44.3 Å². The molecule has 0 radical (unpaired) electrons. The number of ether oxygens (including phenoxy) is 3. The maximum Gasteiger partial charge on any atom is 0.348 e. The van der Waals surface area contributed by atoms with Crippen LogP contribution in [0.1, 0.15) is 37.8 Å². The number of carbonyl (C=O) groups is 3. The first-order chi connectivity index (χ1) is 14.5. The standard InChI is InChI=1S/C17H22N4O8S2/c1-9-20-11(7-21(9)2)31(25,26)19-6-5-12(22)29-8-10-13(16(23)27-3)15(18)30-14(10)17(24)28-4/h7,19H,5-6,8,18H2,1-4H3. The fourth-order valence-electron chi connectivity index (χ4n) is 2.45. The first kappa shape index (κ1) is 24.3. The lowest BCUT2D eigenvalue weighted by Gasteiger charge is -2.08. The number of methoxy groups -OCH3 is 2. The summed E-state index contributed by atoms with van der Waals surface area (Å²) in [5, 5.41) is -0.156. The summed E-state index contributed by atoms with van der Waals surface area (Å²) in [4.78, 5) is 39.9. The Labute approximate surface area is 182 Å². The van der Waals surface area contributed by atoms with Crippen LogP contribution in [0.3, 0.4) is 0 Å². The number of esters is 3. The maximum absolute atomic E-state index is 12.2. The van der Waals surface area contributed by atoms with Gasteiger partial charge < -0.3 is 24.5 Å². The molecule has 0 aliphatic carbocycles. The van der Waals surface area contributed by atoms with E-state index >= 15 is 0 Å². The average Bonchev–Trinajstić information content (AvgIpc) is 3.24. The van der Waals surface area contributed by atoms with Gasteiger partial charge in [0.15, 0.2) is 5.03 Å². The van der Waals surface area contributed by atoms with Crippen molar-refractivity contribution in [3.63, 3.8) is 0 Å². The second-order valence-corrected chi connectivity index (χ2v) is 8.94. The van der Waals surface area contributed by atoms with Gasteiger partial charge in [0, 0.05) is 25.4 Å². The molecule has 0 atom stereocenters.